The molecule has 1 amide bonds. The zero-order valence-corrected chi connectivity index (χ0v) is 20.6. The number of hydrogen-bond donors (Lipinski definition) is 2. The first-order valence-corrected chi connectivity index (χ1v) is 12.8. The number of likely N-dealkylation sites (N-methyl/N-ethyl adjacent to an activating group) is 1. The molecular formula is C29H28N4O3. The lowest BCUT2D eigenvalue weighted by Gasteiger charge is -2.48. The quantitative estimate of drug-likeness (QED) is 0.391. The molecule has 0 spiro atoms. The SMILES string of the molecule is CCNC1CC2OC(C)(C1OC)n1c3ccccc3c3c4c(c5c6ccccc6n2c5c31)C(=O)NC4. The van der Waals surface area contributed by atoms with Crippen LogP contribution in [0.2, 0.25) is 0 Å². The summed E-state index contributed by atoms with van der Waals surface area (Å²) in [6.07, 6.45) is 0.354. The molecule has 4 unspecified atom stereocenters. The number of carbonyl (C=O) groups excluding carboxylic acids is 1. The van der Waals surface area contributed by atoms with E-state index in [0.29, 0.717) is 6.54 Å². The topological polar surface area (TPSA) is 69.5 Å². The molecule has 8 rings (SSSR count). The number of aromatic nitrogens is 2. The van der Waals surface area contributed by atoms with Gasteiger partial charge in [0.25, 0.3) is 5.91 Å². The Morgan fingerprint density at radius 1 is 1.08 bits per heavy atom. The van der Waals surface area contributed by atoms with Crippen LogP contribution in [0, 0.1) is 0 Å². The van der Waals surface area contributed by atoms with Crippen LogP contribution >= 0.6 is 0 Å². The molecule has 0 radical (unpaired) electrons. The summed E-state index contributed by atoms with van der Waals surface area (Å²) in [5, 5.41) is 11.2. The third-order valence-electron chi connectivity index (χ3n) is 8.69. The Kier molecular flexibility index (Phi) is 3.97. The zero-order valence-electron chi connectivity index (χ0n) is 20.6. The minimum atomic E-state index is -0.761. The van der Waals surface area contributed by atoms with Gasteiger partial charge < -0.3 is 29.2 Å². The Morgan fingerprint density at radius 2 is 1.81 bits per heavy atom. The van der Waals surface area contributed by atoms with E-state index in [4.69, 9.17) is 9.47 Å². The molecule has 3 aromatic carbocycles. The number of para-hydroxylation sites is 2. The lowest BCUT2D eigenvalue weighted by atomic mass is 9.92. The second-order valence-corrected chi connectivity index (χ2v) is 10.4. The second kappa shape index (κ2) is 6.88. The molecule has 7 heteroatoms. The average Bonchev–Trinajstić information content (AvgIpc) is 3.52. The normalized spacial score (nSPS) is 26.9. The highest BCUT2D eigenvalue weighted by molar-refractivity contribution is 6.31. The zero-order chi connectivity index (χ0) is 24.3. The summed E-state index contributed by atoms with van der Waals surface area (Å²) < 4.78 is 18.1. The minimum absolute atomic E-state index is 0.00581. The maximum Gasteiger partial charge on any atom is 0.252 e. The van der Waals surface area contributed by atoms with Crippen LogP contribution in [0.15, 0.2) is 48.5 Å². The van der Waals surface area contributed by atoms with E-state index >= 15 is 0 Å². The predicted molar refractivity (Wildman–Crippen MR) is 140 cm³/mol. The van der Waals surface area contributed by atoms with E-state index in [1.165, 1.54) is 0 Å². The van der Waals surface area contributed by atoms with Crippen molar-refractivity contribution in [1.29, 1.82) is 0 Å². The maximum atomic E-state index is 13.4. The Bertz CT molecular complexity index is 1770. The maximum absolute atomic E-state index is 13.4. The van der Waals surface area contributed by atoms with Gasteiger partial charge in [-0.15, -0.1) is 0 Å². The molecule has 3 aliphatic heterocycles. The van der Waals surface area contributed by atoms with E-state index in [-0.39, 0.29) is 24.3 Å². The molecule has 2 bridgehead atoms. The van der Waals surface area contributed by atoms with Crippen LogP contribution in [0.1, 0.15) is 42.4 Å². The van der Waals surface area contributed by atoms with Crippen molar-refractivity contribution in [3.8, 4) is 0 Å². The van der Waals surface area contributed by atoms with Crippen molar-refractivity contribution in [3.63, 3.8) is 0 Å². The van der Waals surface area contributed by atoms with Crippen LogP contribution in [0.5, 0.6) is 0 Å². The van der Waals surface area contributed by atoms with Gasteiger partial charge in [-0.3, -0.25) is 4.79 Å². The molecular weight excluding hydrogens is 452 g/mol. The molecule has 2 N–H and O–H groups in total. The van der Waals surface area contributed by atoms with Gasteiger partial charge in [0.1, 0.15) is 12.3 Å². The molecule has 5 heterocycles. The first kappa shape index (κ1) is 20.8. The number of amides is 1. The van der Waals surface area contributed by atoms with Crippen molar-refractivity contribution in [1.82, 2.24) is 19.8 Å². The second-order valence-electron chi connectivity index (χ2n) is 10.4. The fourth-order valence-electron chi connectivity index (χ4n) is 7.52. The van der Waals surface area contributed by atoms with Crippen molar-refractivity contribution < 1.29 is 14.3 Å². The molecule has 36 heavy (non-hydrogen) atoms. The largest absolute Gasteiger partial charge is 0.375 e. The average molecular weight is 481 g/mol. The molecule has 3 aliphatic rings. The fraction of sp³-hybridized carbons (Fsp3) is 0.345. The van der Waals surface area contributed by atoms with Crippen molar-refractivity contribution in [2.75, 3.05) is 13.7 Å². The van der Waals surface area contributed by atoms with Gasteiger partial charge in [0.05, 0.1) is 27.6 Å². The van der Waals surface area contributed by atoms with Gasteiger partial charge in [0.2, 0.25) is 0 Å². The Balaban J connectivity index is 1.69. The van der Waals surface area contributed by atoms with Crippen molar-refractivity contribution in [3.05, 3.63) is 59.7 Å². The summed E-state index contributed by atoms with van der Waals surface area (Å²) in [5.74, 6) is 0.00581. The number of nitrogens with one attached hydrogen (secondary N) is 2. The lowest BCUT2D eigenvalue weighted by Crippen LogP contribution is -2.60. The smallest absolute Gasteiger partial charge is 0.252 e. The van der Waals surface area contributed by atoms with Crippen molar-refractivity contribution in [2.24, 2.45) is 0 Å². The summed E-state index contributed by atoms with van der Waals surface area (Å²) in [5.41, 5.74) is 5.53. The van der Waals surface area contributed by atoms with Gasteiger partial charge >= 0.3 is 0 Å². The molecule has 0 aliphatic carbocycles. The van der Waals surface area contributed by atoms with E-state index in [2.05, 4.69) is 82.1 Å². The number of hydrogen-bond acceptors (Lipinski definition) is 4. The van der Waals surface area contributed by atoms with E-state index in [1.807, 2.05) is 0 Å². The number of fused-ring (bicyclic) bond motifs is 13. The predicted octanol–water partition coefficient (Wildman–Crippen LogP) is 4.74. The molecule has 4 atom stereocenters. The van der Waals surface area contributed by atoms with Gasteiger partial charge in [0, 0.05) is 47.7 Å². The molecule has 1 saturated heterocycles. The van der Waals surface area contributed by atoms with Crippen LogP contribution in [-0.4, -0.2) is 40.8 Å². The van der Waals surface area contributed by atoms with Crippen LogP contribution in [0.4, 0.5) is 0 Å². The summed E-state index contributed by atoms with van der Waals surface area (Å²) in [4.78, 5) is 13.4. The Hall–Kier alpha value is -3.39. The van der Waals surface area contributed by atoms with Gasteiger partial charge in [-0.2, -0.15) is 0 Å². The number of methoxy groups -OCH3 is 1. The standard InChI is InChI=1S/C29H28N4O3/c1-4-30-18-13-21-32-19-11-7-5-9-15(19)23-24-17(14-31-28(24)34)22-16-10-6-8-12-20(16)33(26(22)25(23)32)29(2,36-21)27(18)35-3/h5-12,18,21,27,30H,4,13-14H2,1-3H3,(H,31,34). The highest BCUT2D eigenvalue weighted by Gasteiger charge is 2.53. The summed E-state index contributed by atoms with van der Waals surface area (Å²) in [6.45, 7) is 5.68. The van der Waals surface area contributed by atoms with Gasteiger partial charge in [-0.25, -0.2) is 0 Å². The summed E-state index contributed by atoms with van der Waals surface area (Å²) in [6, 6.07) is 17.0. The van der Waals surface area contributed by atoms with Crippen LogP contribution in [0.3, 0.4) is 0 Å². The van der Waals surface area contributed by atoms with Crippen molar-refractivity contribution in [2.45, 2.75) is 50.9 Å². The van der Waals surface area contributed by atoms with Crippen LogP contribution in [-0.2, 0) is 21.7 Å². The Morgan fingerprint density at radius 3 is 2.56 bits per heavy atom. The summed E-state index contributed by atoms with van der Waals surface area (Å²) in [7, 11) is 1.79. The van der Waals surface area contributed by atoms with Gasteiger partial charge in [-0.1, -0.05) is 43.3 Å². The monoisotopic (exact) mass is 480 g/mol. The molecule has 0 saturated carbocycles. The van der Waals surface area contributed by atoms with Crippen LogP contribution in [0.25, 0.3) is 43.6 Å². The van der Waals surface area contributed by atoms with E-state index in [1.54, 1.807) is 7.11 Å². The number of benzene rings is 3. The molecule has 1 fully saturated rings. The molecule has 182 valence electrons. The first-order valence-electron chi connectivity index (χ1n) is 12.8. The third kappa shape index (κ3) is 2.23. The third-order valence-corrected chi connectivity index (χ3v) is 8.69. The molecule has 7 nitrogen and oxygen atoms in total. The highest BCUT2D eigenvalue weighted by Crippen LogP contribution is 2.53. The minimum Gasteiger partial charge on any atom is -0.375 e. The number of nitrogens with zero attached hydrogens (tertiary/aromatic N) is 2. The summed E-state index contributed by atoms with van der Waals surface area (Å²) >= 11 is 0. The highest BCUT2D eigenvalue weighted by atomic mass is 16.6. The molecule has 2 aromatic heterocycles. The van der Waals surface area contributed by atoms with E-state index < -0.39 is 5.72 Å². The van der Waals surface area contributed by atoms with Gasteiger partial charge in [-0.05, 0) is 31.2 Å². The number of carbonyl (C=O) groups is 1. The molecule has 5 aromatic rings. The fourth-order valence-corrected chi connectivity index (χ4v) is 7.52. The van der Waals surface area contributed by atoms with Crippen LogP contribution < -0.4 is 10.6 Å². The van der Waals surface area contributed by atoms with E-state index in [9.17, 15) is 4.79 Å². The van der Waals surface area contributed by atoms with Gasteiger partial charge in [0.15, 0.2) is 5.72 Å². The van der Waals surface area contributed by atoms with E-state index in [0.717, 1.165) is 67.7 Å². The lowest BCUT2D eigenvalue weighted by molar-refractivity contribution is -0.256. The van der Waals surface area contributed by atoms with Crippen molar-refractivity contribution >= 4 is 49.5 Å². The first-order chi connectivity index (χ1) is 17.6. The Labute approximate surface area is 207 Å². The number of ether oxygens (including phenoxy) is 2. The number of rotatable bonds is 3.